The second-order valence-electron chi connectivity index (χ2n) is 1.93. The first kappa shape index (κ1) is 7.50. The maximum absolute atomic E-state index is 10.4. The van der Waals surface area contributed by atoms with Gasteiger partial charge in [-0.2, -0.15) is 8.42 Å². The highest BCUT2D eigenvalue weighted by molar-refractivity contribution is 7.89. The molecule has 1 aliphatic carbocycles. The van der Waals surface area contributed by atoms with Gasteiger partial charge in [0.25, 0.3) is 10.1 Å². The van der Waals surface area contributed by atoms with Gasteiger partial charge in [-0.1, -0.05) is 24.3 Å². The number of hydrogen-bond donors (Lipinski definition) is 1. The second kappa shape index (κ2) is 2.56. The van der Waals surface area contributed by atoms with Gasteiger partial charge in [0.1, 0.15) is 5.25 Å². The van der Waals surface area contributed by atoms with Gasteiger partial charge in [0.05, 0.1) is 0 Å². The molecule has 0 saturated heterocycles. The summed E-state index contributed by atoms with van der Waals surface area (Å²) >= 11 is 0. The maximum atomic E-state index is 10.4. The molecule has 0 aromatic carbocycles. The highest BCUT2D eigenvalue weighted by atomic mass is 32.2. The Bertz CT molecular complexity index is 261. The molecule has 0 aliphatic heterocycles. The number of hydrogen-bond acceptors (Lipinski definition) is 2. The predicted octanol–water partition coefficient (Wildman–Crippen LogP) is 0.922. The summed E-state index contributed by atoms with van der Waals surface area (Å²) in [4.78, 5) is 0. The van der Waals surface area contributed by atoms with Crippen LogP contribution in [0.5, 0.6) is 0 Å². The van der Waals surface area contributed by atoms with E-state index < -0.39 is 10.1 Å². The molecule has 0 amide bonds. The third-order valence-electron chi connectivity index (χ3n) is 1.18. The van der Waals surface area contributed by atoms with Crippen molar-refractivity contribution in [2.24, 2.45) is 0 Å². The molecule has 1 aliphatic rings. The molecular weight excluding hydrogens is 152 g/mol. The summed E-state index contributed by atoms with van der Waals surface area (Å²) in [6.07, 6.45) is 6.65. The lowest BCUT2D eigenvalue weighted by Gasteiger charge is -2.06. The highest BCUT2D eigenvalue weighted by Crippen LogP contribution is 2.18. The van der Waals surface area contributed by atoms with Gasteiger partial charge in [-0.25, -0.2) is 0 Å². The first-order chi connectivity index (χ1) is 4.61. The third-order valence-corrected chi connectivity index (χ3v) is 2.15. The van der Waals surface area contributed by atoms with Crippen molar-refractivity contribution in [3.05, 3.63) is 29.6 Å². The fourth-order valence-electron chi connectivity index (χ4n) is 0.685. The Hall–Kier alpha value is -0.610. The molecule has 0 saturated carbocycles. The zero-order chi connectivity index (χ0) is 7.61. The van der Waals surface area contributed by atoms with Gasteiger partial charge < -0.3 is 0 Å². The van der Waals surface area contributed by atoms with Gasteiger partial charge in [-0.05, 0) is 6.42 Å². The van der Waals surface area contributed by atoms with E-state index in [2.05, 4.69) is 0 Å². The topological polar surface area (TPSA) is 54.4 Å². The Balaban J connectivity index is 2.79. The van der Waals surface area contributed by atoms with E-state index in [1.165, 1.54) is 6.08 Å². The van der Waals surface area contributed by atoms with Gasteiger partial charge in [0.2, 0.25) is 0 Å². The van der Waals surface area contributed by atoms with Crippen LogP contribution in [0, 0.1) is 5.25 Å². The van der Waals surface area contributed by atoms with Crippen molar-refractivity contribution in [3.63, 3.8) is 0 Å². The smallest absolute Gasteiger partial charge is 0.276 e. The van der Waals surface area contributed by atoms with Gasteiger partial charge >= 0.3 is 0 Å². The van der Waals surface area contributed by atoms with E-state index in [4.69, 9.17) is 4.55 Å². The summed E-state index contributed by atoms with van der Waals surface area (Å²) in [5, 5.41) is 0.0509. The Labute approximate surface area is 59.8 Å². The van der Waals surface area contributed by atoms with Crippen LogP contribution in [0.25, 0.3) is 0 Å². The first-order valence-electron chi connectivity index (χ1n) is 2.77. The molecule has 3 nitrogen and oxygen atoms in total. The molecule has 4 heteroatoms. The summed E-state index contributed by atoms with van der Waals surface area (Å²) in [6.45, 7) is 0. The van der Waals surface area contributed by atoms with Crippen LogP contribution < -0.4 is 0 Å². The fourth-order valence-corrected chi connectivity index (χ4v) is 1.24. The van der Waals surface area contributed by atoms with E-state index in [1.807, 2.05) is 0 Å². The van der Waals surface area contributed by atoms with Crippen LogP contribution in [0.1, 0.15) is 6.42 Å². The van der Waals surface area contributed by atoms with Crippen molar-refractivity contribution in [2.45, 2.75) is 6.42 Å². The van der Waals surface area contributed by atoms with Crippen molar-refractivity contribution in [1.29, 1.82) is 0 Å². The first-order valence-corrected chi connectivity index (χ1v) is 4.21. The van der Waals surface area contributed by atoms with Gasteiger partial charge in [0.15, 0.2) is 0 Å². The second-order valence-corrected chi connectivity index (χ2v) is 3.41. The SMILES string of the molecule is O=S(=O)(O)[C]1C=CC=CC1. The molecule has 0 spiro atoms. The van der Waals surface area contributed by atoms with E-state index in [-0.39, 0.29) is 11.7 Å². The van der Waals surface area contributed by atoms with E-state index >= 15 is 0 Å². The van der Waals surface area contributed by atoms with Crippen LogP contribution in [0.15, 0.2) is 24.3 Å². The quantitative estimate of drug-likeness (QED) is 0.579. The molecule has 0 heterocycles. The molecule has 0 aromatic rings. The average Bonchev–Trinajstić information content (AvgIpc) is 1.88. The van der Waals surface area contributed by atoms with E-state index in [1.54, 1.807) is 18.2 Å². The van der Waals surface area contributed by atoms with Crippen molar-refractivity contribution in [2.75, 3.05) is 0 Å². The molecule has 10 heavy (non-hydrogen) atoms. The van der Waals surface area contributed by atoms with Crippen LogP contribution in [-0.2, 0) is 10.1 Å². The van der Waals surface area contributed by atoms with Gasteiger partial charge in [-0.3, -0.25) is 4.55 Å². The zero-order valence-electron chi connectivity index (χ0n) is 5.19. The Kier molecular flexibility index (Phi) is 1.92. The van der Waals surface area contributed by atoms with Crippen LogP contribution in [0.2, 0.25) is 0 Å². The van der Waals surface area contributed by atoms with Crippen LogP contribution >= 0.6 is 0 Å². The molecule has 1 rings (SSSR count). The minimum absolute atomic E-state index is 0.0509. The van der Waals surface area contributed by atoms with Crippen LogP contribution in [-0.4, -0.2) is 13.0 Å². The normalized spacial score (nSPS) is 19.7. The largest absolute Gasteiger partial charge is 0.285 e. The number of allylic oxidation sites excluding steroid dienone is 3. The third kappa shape index (κ3) is 1.68. The standard InChI is InChI=1S/C6H7O3S/c7-10(8,9)6-4-2-1-3-5-6/h1-4H,5H2,(H,7,8,9). The molecule has 55 valence electrons. The summed E-state index contributed by atoms with van der Waals surface area (Å²) in [7, 11) is -3.95. The lowest BCUT2D eigenvalue weighted by Crippen LogP contribution is -2.09. The summed E-state index contributed by atoms with van der Waals surface area (Å²) in [5.74, 6) is 0. The summed E-state index contributed by atoms with van der Waals surface area (Å²) < 4.78 is 29.3. The van der Waals surface area contributed by atoms with Crippen molar-refractivity contribution in [1.82, 2.24) is 0 Å². The molecule has 0 aromatic heterocycles. The fraction of sp³-hybridized carbons (Fsp3) is 0.167. The molecular formula is C6H7O3S. The number of rotatable bonds is 1. The average molecular weight is 159 g/mol. The molecule has 0 atom stereocenters. The zero-order valence-corrected chi connectivity index (χ0v) is 6.00. The minimum Gasteiger partial charge on any atom is -0.285 e. The van der Waals surface area contributed by atoms with Gasteiger partial charge in [-0.15, -0.1) is 0 Å². The monoisotopic (exact) mass is 159 g/mol. The maximum Gasteiger partial charge on any atom is 0.276 e. The predicted molar refractivity (Wildman–Crippen MR) is 37.7 cm³/mol. The Morgan fingerprint density at radius 3 is 2.40 bits per heavy atom. The minimum atomic E-state index is -3.95. The van der Waals surface area contributed by atoms with E-state index in [9.17, 15) is 8.42 Å². The Morgan fingerprint density at radius 2 is 2.10 bits per heavy atom. The lowest BCUT2D eigenvalue weighted by molar-refractivity contribution is 0.485. The van der Waals surface area contributed by atoms with E-state index in [0.717, 1.165) is 0 Å². The molecule has 0 unspecified atom stereocenters. The van der Waals surface area contributed by atoms with Crippen molar-refractivity contribution < 1.29 is 13.0 Å². The van der Waals surface area contributed by atoms with Gasteiger partial charge in [0, 0.05) is 0 Å². The van der Waals surface area contributed by atoms with E-state index in [0.29, 0.717) is 0 Å². The summed E-state index contributed by atoms with van der Waals surface area (Å²) in [6, 6.07) is 0. The molecule has 0 bridgehead atoms. The highest BCUT2D eigenvalue weighted by Gasteiger charge is 2.20. The van der Waals surface area contributed by atoms with Crippen molar-refractivity contribution >= 4 is 10.1 Å². The molecule has 0 fully saturated rings. The summed E-state index contributed by atoms with van der Waals surface area (Å²) in [5.41, 5.74) is 0. The Morgan fingerprint density at radius 1 is 1.40 bits per heavy atom. The van der Waals surface area contributed by atoms with Crippen LogP contribution in [0.3, 0.4) is 0 Å². The van der Waals surface area contributed by atoms with Crippen molar-refractivity contribution in [3.8, 4) is 0 Å². The molecule has 1 N–H and O–H groups in total. The lowest BCUT2D eigenvalue weighted by atomic mass is 10.2. The molecule has 1 radical (unpaired) electrons. The van der Waals surface area contributed by atoms with Crippen LogP contribution in [0.4, 0.5) is 0 Å².